The Kier molecular flexibility index (Phi) is 4.29. The number of aromatic nitrogens is 4. The van der Waals surface area contributed by atoms with Gasteiger partial charge in [0.25, 0.3) is 0 Å². The van der Waals surface area contributed by atoms with Gasteiger partial charge in [-0.2, -0.15) is 0 Å². The van der Waals surface area contributed by atoms with E-state index in [1.807, 2.05) is 6.92 Å². The van der Waals surface area contributed by atoms with Gasteiger partial charge >= 0.3 is 0 Å². The summed E-state index contributed by atoms with van der Waals surface area (Å²) >= 11 is 0. The Labute approximate surface area is 117 Å². The molecule has 0 aliphatic heterocycles. The molecule has 0 fully saturated rings. The van der Waals surface area contributed by atoms with Crippen LogP contribution in [0.1, 0.15) is 33.1 Å². The van der Waals surface area contributed by atoms with Crippen LogP contribution in [0.25, 0.3) is 11.0 Å². The maximum absolute atomic E-state index is 9.64. The minimum Gasteiger partial charge on any atom is -0.394 e. The number of anilines is 2. The van der Waals surface area contributed by atoms with Gasteiger partial charge in [0.05, 0.1) is 18.3 Å². The highest BCUT2D eigenvalue weighted by molar-refractivity contribution is 5.85. The zero-order valence-electron chi connectivity index (χ0n) is 11.8. The van der Waals surface area contributed by atoms with Crippen LogP contribution >= 0.6 is 0 Å². The summed E-state index contributed by atoms with van der Waals surface area (Å²) in [5.74, 6) is 0.742. The number of unbranched alkanes of at least 4 members (excludes halogenated alkanes) is 1. The lowest BCUT2D eigenvalue weighted by molar-refractivity contribution is 0.212. The van der Waals surface area contributed by atoms with E-state index in [0.717, 1.165) is 19.3 Å². The number of nitrogens with one attached hydrogen (secondary N) is 1. The van der Waals surface area contributed by atoms with Gasteiger partial charge in [-0.05, 0) is 13.3 Å². The highest BCUT2D eigenvalue weighted by atomic mass is 16.3. The number of nitrogens with two attached hydrogens (primary N) is 1. The van der Waals surface area contributed by atoms with Crippen molar-refractivity contribution in [1.82, 2.24) is 19.9 Å². The molecule has 0 aliphatic carbocycles. The maximum atomic E-state index is 9.64. The number of rotatable bonds is 6. The van der Waals surface area contributed by atoms with Gasteiger partial charge in [0.1, 0.15) is 17.4 Å². The van der Waals surface area contributed by atoms with E-state index < -0.39 is 5.54 Å². The van der Waals surface area contributed by atoms with E-state index in [4.69, 9.17) is 5.73 Å². The number of hydrogen-bond donors (Lipinski definition) is 3. The van der Waals surface area contributed by atoms with Gasteiger partial charge in [0.15, 0.2) is 5.82 Å². The van der Waals surface area contributed by atoms with Crippen molar-refractivity contribution in [3.63, 3.8) is 0 Å². The molecule has 4 N–H and O–H groups in total. The Morgan fingerprint density at radius 2 is 2.15 bits per heavy atom. The van der Waals surface area contributed by atoms with Crippen molar-refractivity contribution in [2.75, 3.05) is 17.7 Å². The van der Waals surface area contributed by atoms with Crippen LogP contribution in [0, 0.1) is 0 Å². The summed E-state index contributed by atoms with van der Waals surface area (Å²) in [5.41, 5.74) is 6.35. The van der Waals surface area contributed by atoms with E-state index in [1.165, 1.54) is 6.33 Å². The number of aliphatic hydroxyl groups is 1. The van der Waals surface area contributed by atoms with Crippen molar-refractivity contribution in [2.24, 2.45) is 0 Å². The minimum absolute atomic E-state index is 0.0130. The highest BCUT2D eigenvalue weighted by Crippen LogP contribution is 2.23. The first-order valence-electron chi connectivity index (χ1n) is 6.70. The van der Waals surface area contributed by atoms with E-state index >= 15 is 0 Å². The SMILES string of the molecule is CCCC[C@](C)(CO)Nc1ncnc2cnc(N)nc12. The predicted octanol–water partition coefficient (Wildman–Crippen LogP) is 1.36. The second-order valence-corrected chi connectivity index (χ2v) is 5.13. The molecule has 0 aliphatic rings. The van der Waals surface area contributed by atoms with Gasteiger partial charge in [0, 0.05) is 0 Å². The molecule has 7 nitrogen and oxygen atoms in total. The Morgan fingerprint density at radius 1 is 1.35 bits per heavy atom. The van der Waals surface area contributed by atoms with Crippen molar-refractivity contribution < 1.29 is 5.11 Å². The number of nitrogens with zero attached hydrogens (tertiary/aromatic N) is 4. The molecule has 0 saturated heterocycles. The number of hydrogen-bond acceptors (Lipinski definition) is 7. The van der Waals surface area contributed by atoms with Crippen LogP contribution in [0.15, 0.2) is 12.5 Å². The number of aliphatic hydroxyl groups excluding tert-OH is 1. The summed E-state index contributed by atoms with van der Waals surface area (Å²) < 4.78 is 0. The zero-order valence-corrected chi connectivity index (χ0v) is 11.8. The third-order valence-corrected chi connectivity index (χ3v) is 3.25. The number of fused-ring (bicyclic) bond motifs is 1. The summed E-state index contributed by atoms with van der Waals surface area (Å²) in [6, 6.07) is 0. The second-order valence-electron chi connectivity index (χ2n) is 5.13. The molecular weight excluding hydrogens is 256 g/mol. The molecule has 2 aromatic heterocycles. The molecule has 2 heterocycles. The van der Waals surface area contributed by atoms with Crippen LogP contribution in [0.4, 0.5) is 11.8 Å². The molecule has 108 valence electrons. The van der Waals surface area contributed by atoms with Crippen LogP contribution in [-0.2, 0) is 0 Å². The van der Waals surface area contributed by atoms with Crippen LogP contribution in [0.3, 0.4) is 0 Å². The molecule has 2 aromatic rings. The quantitative estimate of drug-likeness (QED) is 0.730. The molecule has 0 radical (unpaired) electrons. The number of nitrogen functional groups attached to an aromatic ring is 1. The van der Waals surface area contributed by atoms with Crippen LogP contribution in [-0.4, -0.2) is 37.2 Å². The normalized spacial score (nSPS) is 14.2. The molecule has 0 amide bonds. The van der Waals surface area contributed by atoms with Crippen LogP contribution < -0.4 is 11.1 Å². The van der Waals surface area contributed by atoms with Gasteiger partial charge in [-0.25, -0.2) is 19.9 Å². The lowest BCUT2D eigenvalue weighted by Crippen LogP contribution is -2.39. The third kappa shape index (κ3) is 3.11. The van der Waals surface area contributed by atoms with E-state index in [2.05, 4.69) is 32.2 Å². The summed E-state index contributed by atoms with van der Waals surface area (Å²) in [4.78, 5) is 16.4. The van der Waals surface area contributed by atoms with Gasteiger partial charge < -0.3 is 16.2 Å². The first-order valence-corrected chi connectivity index (χ1v) is 6.70. The third-order valence-electron chi connectivity index (χ3n) is 3.25. The summed E-state index contributed by atoms with van der Waals surface area (Å²) in [5, 5.41) is 12.9. The first kappa shape index (κ1) is 14.4. The summed E-state index contributed by atoms with van der Waals surface area (Å²) in [6.07, 6.45) is 5.93. The van der Waals surface area contributed by atoms with Gasteiger partial charge in [0.2, 0.25) is 5.95 Å². The van der Waals surface area contributed by atoms with E-state index in [1.54, 1.807) is 6.20 Å². The highest BCUT2D eigenvalue weighted by Gasteiger charge is 2.24. The Balaban J connectivity index is 2.34. The van der Waals surface area contributed by atoms with Crippen molar-refractivity contribution >= 4 is 22.8 Å². The fraction of sp³-hybridized carbons (Fsp3) is 0.538. The largest absolute Gasteiger partial charge is 0.394 e. The topological polar surface area (TPSA) is 110 Å². The summed E-state index contributed by atoms with van der Waals surface area (Å²) in [6.45, 7) is 4.09. The Morgan fingerprint density at radius 3 is 2.85 bits per heavy atom. The second kappa shape index (κ2) is 5.96. The van der Waals surface area contributed by atoms with Crippen LogP contribution in [0.5, 0.6) is 0 Å². The van der Waals surface area contributed by atoms with E-state index in [-0.39, 0.29) is 12.6 Å². The van der Waals surface area contributed by atoms with Crippen molar-refractivity contribution in [3.05, 3.63) is 12.5 Å². The smallest absolute Gasteiger partial charge is 0.220 e. The fourth-order valence-electron chi connectivity index (χ4n) is 1.99. The van der Waals surface area contributed by atoms with Gasteiger partial charge in [-0.1, -0.05) is 19.8 Å². The fourth-order valence-corrected chi connectivity index (χ4v) is 1.99. The molecule has 2 rings (SSSR count). The standard InChI is InChI=1S/C13H20N6O/c1-3-4-5-13(2,7-20)19-11-10-9(16-8-17-11)6-15-12(14)18-10/h6,8,20H,3-5,7H2,1-2H3,(H2,14,15,18)(H,16,17,19)/t13-/m1/s1. The maximum Gasteiger partial charge on any atom is 0.220 e. The van der Waals surface area contributed by atoms with E-state index in [0.29, 0.717) is 16.9 Å². The van der Waals surface area contributed by atoms with Crippen molar-refractivity contribution in [2.45, 2.75) is 38.6 Å². The molecule has 0 saturated carbocycles. The molecule has 0 bridgehead atoms. The Bertz CT molecular complexity index is 590. The lowest BCUT2D eigenvalue weighted by atomic mass is 9.96. The monoisotopic (exact) mass is 276 g/mol. The molecule has 7 heteroatoms. The van der Waals surface area contributed by atoms with Crippen LogP contribution in [0.2, 0.25) is 0 Å². The summed E-state index contributed by atoms with van der Waals surface area (Å²) in [7, 11) is 0. The Hall–Kier alpha value is -2.02. The zero-order chi connectivity index (χ0) is 14.6. The molecule has 0 unspecified atom stereocenters. The molecule has 1 atom stereocenters. The molecular formula is C13H20N6O. The first-order chi connectivity index (χ1) is 9.58. The average Bonchev–Trinajstić information content (AvgIpc) is 2.46. The molecule has 0 spiro atoms. The molecule has 0 aromatic carbocycles. The average molecular weight is 276 g/mol. The van der Waals surface area contributed by atoms with Crippen molar-refractivity contribution in [3.8, 4) is 0 Å². The van der Waals surface area contributed by atoms with Gasteiger partial charge in [-0.3, -0.25) is 0 Å². The van der Waals surface area contributed by atoms with Crippen molar-refractivity contribution in [1.29, 1.82) is 0 Å². The predicted molar refractivity (Wildman–Crippen MR) is 78.2 cm³/mol. The lowest BCUT2D eigenvalue weighted by Gasteiger charge is -2.29. The molecule has 20 heavy (non-hydrogen) atoms. The minimum atomic E-state index is -0.447. The van der Waals surface area contributed by atoms with Gasteiger partial charge in [-0.15, -0.1) is 0 Å². The van der Waals surface area contributed by atoms with E-state index in [9.17, 15) is 5.11 Å².